The lowest BCUT2D eigenvalue weighted by molar-refractivity contribution is 0.0661. The number of carbonyl (C=O) groups is 1. The van der Waals surface area contributed by atoms with Gasteiger partial charge in [-0.1, -0.05) is 13.0 Å². The van der Waals surface area contributed by atoms with Gasteiger partial charge in [0, 0.05) is 24.3 Å². The Kier molecular flexibility index (Phi) is 4.75. The maximum atomic E-state index is 10.9. The summed E-state index contributed by atoms with van der Waals surface area (Å²) < 4.78 is 5.25. The minimum absolute atomic E-state index is 0.00719. The number of aromatic nitrogens is 1. The molecule has 2 heterocycles. The molecule has 2 aromatic heterocycles. The summed E-state index contributed by atoms with van der Waals surface area (Å²) >= 11 is 0. The van der Waals surface area contributed by atoms with Crippen LogP contribution < -0.4 is 0 Å². The van der Waals surface area contributed by atoms with E-state index in [1.54, 1.807) is 13.0 Å². The molecule has 0 radical (unpaired) electrons. The predicted molar refractivity (Wildman–Crippen MR) is 79.2 cm³/mol. The average molecular weight is 288 g/mol. The Morgan fingerprint density at radius 3 is 2.67 bits per heavy atom. The molecule has 21 heavy (non-hydrogen) atoms. The third-order valence-corrected chi connectivity index (χ3v) is 3.40. The first-order valence-electron chi connectivity index (χ1n) is 6.97. The molecule has 1 N–H and O–H groups in total. The number of nitrogens with zero attached hydrogens (tertiary/aromatic N) is 2. The van der Waals surface area contributed by atoms with E-state index in [-0.39, 0.29) is 5.76 Å². The van der Waals surface area contributed by atoms with Crippen molar-refractivity contribution in [2.45, 2.75) is 33.9 Å². The second-order valence-electron chi connectivity index (χ2n) is 5.07. The van der Waals surface area contributed by atoms with Crippen molar-refractivity contribution in [3.05, 3.63) is 52.7 Å². The Morgan fingerprint density at radius 2 is 2.10 bits per heavy atom. The molecule has 2 rings (SSSR count). The summed E-state index contributed by atoms with van der Waals surface area (Å²) in [6, 6.07) is 7.57. The van der Waals surface area contributed by atoms with Crippen molar-refractivity contribution in [1.29, 1.82) is 0 Å². The standard InChI is InChI=1S/C16H20N2O3/c1-4-18(10-14-7-5-6-11(2)17-14)9-13-8-15(16(19)20)21-12(13)3/h5-8H,4,9-10H2,1-3H3,(H,19,20). The zero-order chi connectivity index (χ0) is 15.4. The van der Waals surface area contributed by atoms with Gasteiger partial charge in [-0.05, 0) is 38.6 Å². The Morgan fingerprint density at radius 1 is 1.33 bits per heavy atom. The lowest BCUT2D eigenvalue weighted by Crippen LogP contribution is -2.23. The number of aromatic carboxylic acids is 1. The van der Waals surface area contributed by atoms with Crippen molar-refractivity contribution < 1.29 is 14.3 Å². The van der Waals surface area contributed by atoms with E-state index in [1.165, 1.54) is 0 Å². The van der Waals surface area contributed by atoms with E-state index in [0.29, 0.717) is 12.3 Å². The zero-order valence-corrected chi connectivity index (χ0v) is 12.6. The van der Waals surface area contributed by atoms with Crippen LogP contribution in [-0.2, 0) is 13.1 Å². The minimum Gasteiger partial charge on any atom is -0.475 e. The van der Waals surface area contributed by atoms with Gasteiger partial charge in [0.15, 0.2) is 0 Å². The summed E-state index contributed by atoms with van der Waals surface area (Å²) in [5, 5.41) is 8.96. The van der Waals surface area contributed by atoms with Crippen molar-refractivity contribution in [2.24, 2.45) is 0 Å². The number of hydrogen-bond donors (Lipinski definition) is 1. The van der Waals surface area contributed by atoms with E-state index < -0.39 is 5.97 Å². The highest BCUT2D eigenvalue weighted by Crippen LogP contribution is 2.17. The zero-order valence-electron chi connectivity index (χ0n) is 12.6. The molecule has 0 aliphatic heterocycles. The Bertz CT molecular complexity index is 634. The Balaban J connectivity index is 2.10. The topological polar surface area (TPSA) is 66.6 Å². The molecule has 0 aliphatic rings. The van der Waals surface area contributed by atoms with Crippen LogP contribution in [-0.4, -0.2) is 27.5 Å². The molecule has 0 saturated carbocycles. The monoisotopic (exact) mass is 288 g/mol. The molecule has 0 unspecified atom stereocenters. The van der Waals surface area contributed by atoms with Crippen LogP contribution in [0.5, 0.6) is 0 Å². The maximum absolute atomic E-state index is 10.9. The largest absolute Gasteiger partial charge is 0.475 e. The Hall–Kier alpha value is -2.14. The van der Waals surface area contributed by atoms with Gasteiger partial charge in [-0.3, -0.25) is 9.88 Å². The van der Waals surface area contributed by atoms with Crippen LogP contribution in [0.3, 0.4) is 0 Å². The first kappa shape index (κ1) is 15.3. The van der Waals surface area contributed by atoms with Gasteiger partial charge in [0.05, 0.1) is 5.69 Å². The number of carboxylic acid groups (broad SMARTS) is 1. The fourth-order valence-electron chi connectivity index (χ4n) is 2.22. The number of rotatable bonds is 6. The van der Waals surface area contributed by atoms with Gasteiger partial charge in [0.2, 0.25) is 5.76 Å². The maximum Gasteiger partial charge on any atom is 0.371 e. The number of carboxylic acids is 1. The molecule has 2 aromatic rings. The predicted octanol–water partition coefficient (Wildman–Crippen LogP) is 3.01. The van der Waals surface area contributed by atoms with Crippen molar-refractivity contribution in [3.8, 4) is 0 Å². The molecule has 0 spiro atoms. The highest BCUT2D eigenvalue weighted by Gasteiger charge is 2.15. The summed E-state index contributed by atoms with van der Waals surface area (Å²) in [5.41, 5.74) is 2.91. The third-order valence-electron chi connectivity index (χ3n) is 3.40. The van der Waals surface area contributed by atoms with Crippen molar-refractivity contribution in [1.82, 2.24) is 9.88 Å². The summed E-state index contributed by atoms with van der Waals surface area (Å²) in [4.78, 5) is 17.6. The molecule has 0 atom stereocenters. The number of hydrogen-bond acceptors (Lipinski definition) is 4. The van der Waals surface area contributed by atoms with Crippen molar-refractivity contribution in [2.75, 3.05) is 6.54 Å². The van der Waals surface area contributed by atoms with Crippen LogP contribution in [0.25, 0.3) is 0 Å². The van der Waals surface area contributed by atoms with Crippen LogP contribution in [0, 0.1) is 13.8 Å². The molecule has 5 nitrogen and oxygen atoms in total. The normalized spacial score (nSPS) is 11.0. The van der Waals surface area contributed by atoms with Crippen LogP contribution >= 0.6 is 0 Å². The van der Waals surface area contributed by atoms with Gasteiger partial charge in [-0.25, -0.2) is 4.79 Å². The molecule has 0 amide bonds. The smallest absolute Gasteiger partial charge is 0.371 e. The van der Waals surface area contributed by atoms with Crippen LogP contribution in [0.2, 0.25) is 0 Å². The SMILES string of the molecule is CCN(Cc1cccc(C)n1)Cc1cc(C(=O)O)oc1C. The number of pyridine rings is 1. The fraction of sp³-hybridized carbons (Fsp3) is 0.375. The molecule has 5 heteroatoms. The number of aryl methyl sites for hydroxylation is 2. The van der Waals surface area contributed by atoms with Crippen LogP contribution in [0.4, 0.5) is 0 Å². The average Bonchev–Trinajstić information content (AvgIpc) is 2.80. The second-order valence-corrected chi connectivity index (χ2v) is 5.07. The summed E-state index contributed by atoms with van der Waals surface area (Å²) in [5.74, 6) is -0.386. The van der Waals surface area contributed by atoms with Gasteiger partial charge in [-0.15, -0.1) is 0 Å². The molecule has 0 aromatic carbocycles. The lowest BCUT2D eigenvalue weighted by atomic mass is 10.2. The summed E-state index contributed by atoms with van der Waals surface area (Å²) in [6.07, 6.45) is 0. The quantitative estimate of drug-likeness (QED) is 0.885. The summed E-state index contributed by atoms with van der Waals surface area (Å²) in [6.45, 7) is 8.06. The van der Waals surface area contributed by atoms with E-state index in [9.17, 15) is 4.79 Å². The van der Waals surface area contributed by atoms with E-state index in [0.717, 1.165) is 30.0 Å². The number of furan rings is 1. The van der Waals surface area contributed by atoms with Crippen molar-refractivity contribution in [3.63, 3.8) is 0 Å². The first-order chi connectivity index (χ1) is 9.99. The van der Waals surface area contributed by atoms with Crippen LogP contribution in [0.15, 0.2) is 28.7 Å². The van der Waals surface area contributed by atoms with Gasteiger partial charge in [-0.2, -0.15) is 0 Å². The van der Waals surface area contributed by atoms with E-state index in [2.05, 4.69) is 16.8 Å². The van der Waals surface area contributed by atoms with Crippen LogP contribution in [0.1, 0.15) is 40.2 Å². The molecule has 0 saturated heterocycles. The molecule has 0 fully saturated rings. The molecule has 0 aliphatic carbocycles. The fourth-order valence-corrected chi connectivity index (χ4v) is 2.22. The van der Waals surface area contributed by atoms with E-state index in [1.807, 2.05) is 25.1 Å². The van der Waals surface area contributed by atoms with Gasteiger partial charge in [0.25, 0.3) is 0 Å². The second kappa shape index (κ2) is 6.54. The highest BCUT2D eigenvalue weighted by atomic mass is 16.4. The minimum atomic E-state index is -1.03. The first-order valence-corrected chi connectivity index (χ1v) is 6.97. The molecular formula is C16H20N2O3. The molecule has 112 valence electrons. The van der Waals surface area contributed by atoms with E-state index in [4.69, 9.17) is 9.52 Å². The summed E-state index contributed by atoms with van der Waals surface area (Å²) in [7, 11) is 0. The van der Waals surface area contributed by atoms with Gasteiger partial charge < -0.3 is 9.52 Å². The van der Waals surface area contributed by atoms with E-state index >= 15 is 0 Å². The highest BCUT2D eigenvalue weighted by molar-refractivity contribution is 5.84. The molecular weight excluding hydrogens is 268 g/mol. The Labute approximate surface area is 124 Å². The van der Waals surface area contributed by atoms with Crippen molar-refractivity contribution >= 4 is 5.97 Å². The third kappa shape index (κ3) is 3.92. The molecule has 0 bridgehead atoms. The lowest BCUT2D eigenvalue weighted by Gasteiger charge is -2.19. The van der Waals surface area contributed by atoms with Gasteiger partial charge in [0.1, 0.15) is 5.76 Å². The van der Waals surface area contributed by atoms with Gasteiger partial charge >= 0.3 is 5.97 Å².